The Morgan fingerprint density at radius 3 is 2.38 bits per heavy atom. The molecule has 1 N–H and O–H groups in total. The van der Waals surface area contributed by atoms with E-state index in [1.165, 1.54) is 4.90 Å². The van der Waals surface area contributed by atoms with Gasteiger partial charge in [0.05, 0.1) is 15.7 Å². The van der Waals surface area contributed by atoms with E-state index in [4.69, 9.17) is 32.7 Å². The van der Waals surface area contributed by atoms with Crippen LogP contribution in [0.3, 0.4) is 0 Å². The molecule has 7 nitrogen and oxygen atoms in total. The fourth-order valence-corrected chi connectivity index (χ4v) is 3.83. The number of piperazine rings is 1. The lowest BCUT2D eigenvalue weighted by molar-refractivity contribution is -0.144. The lowest BCUT2D eigenvalue weighted by atomic mass is 10.1. The summed E-state index contributed by atoms with van der Waals surface area (Å²) in [6, 6.07) is 10.8. The standard InChI is InChI=1S/C20H19Cl2N3O4/c21-14-2-1-3-15(22)18(14)23-19(26)20(27)25-8-6-24(7-9-25)11-13-4-5-16-17(10-13)29-12-28-16/h1-5,10H,6-9,11-12H2,(H,23,26). The summed E-state index contributed by atoms with van der Waals surface area (Å²) in [7, 11) is 0. The fraction of sp³-hybridized carbons (Fsp3) is 0.300. The Labute approximate surface area is 178 Å². The van der Waals surface area contributed by atoms with Gasteiger partial charge in [-0.3, -0.25) is 14.5 Å². The van der Waals surface area contributed by atoms with Crippen LogP contribution in [-0.4, -0.2) is 54.6 Å². The van der Waals surface area contributed by atoms with Gasteiger partial charge >= 0.3 is 11.8 Å². The molecular formula is C20H19Cl2N3O4. The van der Waals surface area contributed by atoms with Gasteiger partial charge in [-0.05, 0) is 29.8 Å². The summed E-state index contributed by atoms with van der Waals surface area (Å²) in [4.78, 5) is 28.6. The minimum atomic E-state index is -0.746. The maximum atomic E-state index is 12.5. The largest absolute Gasteiger partial charge is 0.454 e. The van der Waals surface area contributed by atoms with Crippen LogP contribution in [0, 0.1) is 0 Å². The first kappa shape index (κ1) is 19.8. The first-order chi connectivity index (χ1) is 14.0. The molecule has 0 atom stereocenters. The number of fused-ring (bicyclic) bond motifs is 1. The number of halogens is 2. The first-order valence-corrected chi connectivity index (χ1v) is 9.92. The van der Waals surface area contributed by atoms with Gasteiger partial charge in [-0.25, -0.2) is 0 Å². The maximum absolute atomic E-state index is 12.5. The van der Waals surface area contributed by atoms with Crippen molar-refractivity contribution in [1.29, 1.82) is 0 Å². The molecule has 0 unspecified atom stereocenters. The summed E-state index contributed by atoms with van der Waals surface area (Å²) in [5.41, 5.74) is 1.36. The minimum Gasteiger partial charge on any atom is -0.454 e. The van der Waals surface area contributed by atoms with Gasteiger partial charge in [-0.2, -0.15) is 0 Å². The van der Waals surface area contributed by atoms with Gasteiger partial charge in [0.1, 0.15) is 0 Å². The second-order valence-electron chi connectivity index (χ2n) is 6.81. The molecule has 0 bridgehead atoms. The van der Waals surface area contributed by atoms with Gasteiger partial charge in [0.2, 0.25) is 6.79 Å². The number of anilines is 1. The number of carbonyl (C=O) groups is 2. The van der Waals surface area contributed by atoms with Crippen LogP contribution in [0.4, 0.5) is 5.69 Å². The normalized spacial score (nSPS) is 16.0. The Morgan fingerprint density at radius 2 is 1.66 bits per heavy atom. The first-order valence-electron chi connectivity index (χ1n) is 9.16. The van der Waals surface area contributed by atoms with Gasteiger partial charge in [0.25, 0.3) is 0 Å². The number of carbonyl (C=O) groups excluding carboxylic acids is 2. The summed E-state index contributed by atoms with van der Waals surface area (Å²) in [6.45, 7) is 3.25. The summed E-state index contributed by atoms with van der Waals surface area (Å²) in [5.74, 6) is 0.174. The van der Waals surface area contributed by atoms with Crippen molar-refractivity contribution in [1.82, 2.24) is 9.80 Å². The Hall–Kier alpha value is -2.48. The Kier molecular flexibility index (Phi) is 5.80. The van der Waals surface area contributed by atoms with Crippen LogP contribution in [0.5, 0.6) is 11.5 Å². The second kappa shape index (κ2) is 8.49. The molecule has 152 valence electrons. The summed E-state index contributed by atoms with van der Waals surface area (Å²) in [5, 5.41) is 3.09. The van der Waals surface area contributed by atoms with Crippen LogP contribution in [0.25, 0.3) is 0 Å². The zero-order valence-electron chi connectivity index (χ0n) is 15.5. The molecule has 2 amide bonds. The number of hydrogen-bond acceptors (Lipinski definition) is 5. The molecule has 0 aromatic heterocycles. The van der Waals surface area contributed by atoms with Crippen molar-refractivity contribution in [3.8, 4) is 11.5 Å². The average Bonchev–Trinajstić information content (AvgIpc) is 3.18. The molecule has 2 heterocycles. The monoisotopic (exact) mass is 435 g/mol. The lowest BCUT2D eigenvalue weighted by Gasteiger charge is -2.34. The fourth-order valence-electron chi connectivity index (χ4n) is 3.33. The van der Waals surface area contributed by atoms with Gasteiger partial charge < -0.3 is 19.7 Å². The van der Waals surface area contributed by atoms with Crippen LogP contribution in [-0.2, 0) is 16.1 Å². The third-order valence-corrected chi connectivity index (χ3v) is 5.53. The Bertz CT molecular complexity index is 925. The highest BCUT2D eigenvalue weighted by atomic mass is 35.5. The van der Waals surface area contributed by atoms with Crippen LogP contribution in [0.1, 0.15) is 5.56 Å². The van der Waals surface area contributed by atoms with Crippen LogP contribution in [0.2, 0.25) is 10.0 Å². The van der Waals surface area contributed by atoms with Crippen molar-refractivity contribution in [2.75, 3.05) is 38.3 Å². The molecule has 2 aliphatic heterocycles. The SMILES string of the molecule is O=C(Nc1c(Cl)cccc1Cl)C(=O)N1CCN(Cc2ccc3c(c2)OCO3)CC1. The number of ether oxygens (including phenoxy) is 2. The van der Waals surface area contributed by atoms with Crippen molar-refractivity contribution in [3.05, 3.63) is 52.0 Å². The van der Waals surface area contributed by atoms with Crippen molar-refractivity contribution in [2.24, 2.45) is 0 Å². The number of amides is 2. The molecule has 2 aliphatic rings. The van der Waals surface area contributed by atoms with E-state index >= 15 is 0 Å². The zero-order valence-corrected chi connectivity index (χ0v) is 17.0. The van der Waals surface area contributed by atoms with Crippen LogP contribution >= 0.6 is 23.2 Å². The van der Waals surface area contributed by atoms with Crippen molar-refractivity contribution < 1.29 is 19.1 Å². The zero-order chi connectivity index (χ0) is 20.4. The average molecular weight is 436 g/mol. The van der Waals surface area contributed by atoms with Gasteiger partial charge in [0.15, 0.2) is 11.5 Å². The van der Waals surface area contributed by atoms with E-state index in [9.17, 15) is 9.59 Å². The molecule has 4 rings (SSSR count). The molecule has 2 aromatic rings. The van der Waals surface area contributed by atoms with Gasteiger partial charge in [0, 0.05) is 32.7 Å². The third kappa shape index (κ3) is 4.42. The number of nitrogens with one attached hydrogen (secondary N) is 1. The van der Waals surface area contributed by atoms with E-state index in [1.807, 2.05) is 18.2 Å². The molecule has 9 heteroatoms. The van der Waals surface area contributed by atoms with E-state index in [1.54, 1.807) is 18.2 Å². The summed E-state index contributed by atoms with van der Waals surface area (Å²) >= 11 is 12.1. The molecule has 2 aromatic carbocycles. The van der Waals surface area contributed by atoms with E-state index < -0.39 is 11.8 Å². The molecule has 0 saturated carbocycles. The number of hydrogen-bond donors (Lipinski definition) is 1. The molecule has 1 fully saturated rings. The highest BCUT2D eigenvalue weighted by Gasteiger charge is 2.27. The number of nitrogens with zero attached hydrogens (tertiary/aromatic N) is 2. The number of benzene rings is 2. The van der Waals surface area contributed by atoms with Crippen molar-refractivity contribution in [2.45, 2.75) is 6.54 Å². The highest BCUT2D eigenvalue weighted by molar-refractivity contribution is 6.44. The van der Waals surface area contributed by atoms with Gasteiger partial charge in [-0.1, -0.05) is 35.3 Å². The van der Waals surface area contributed by atoms with E-state index in [0.717, 1.165) is 23.6 Å². The Morgan fingerprint density at radius 1 is 0.966 bits per heavy atom. The van der Waals surface area contributed by atoms with Crippen molar-refractivity contribution >= 4 is 40.7 Å². The van der Waals surface area contributed by atoms with Crippen molar-refractivity contribution in [3.63, 3.8) is 0 Å². The minimum absolute atomic E-state index is 0.246. The number of rotatable bonds is 3. The third-order valence-electron chi connectivity index (χ3n) is 4.90. The molecule has 0 radical (unpaired) electrons. The Balaban J connectivity index is 1.31. The summed E-state index contributed by atoms with van der Waals surface area (Å²) in [6.07, 6.45) is 0. The van der Waals surface area contributed by atoms with Crippen LogP contribution in [0.15, 0.2) is 36.4 Å². The molecule has 0 spiro atoms. The predicted octanol–water partition coefficient (Wildman–Crippen LogP) is 3.01. The molecular weight excluding hydrogens is 417 g/mol. The summed E-state index contributed by atoms with van der Waals surface area (Å²) < 4.78 is 10.7. The van der Waals surface area contributed by atoms with E-state index in [0.29, 0.717) is 26.2 Å². The molecule has 1 saturated heterocycles. The van der Waals surface area contributed by atoms with E-state index in [2.05, 4.69) is 10.2 Å². The van der Waals surface area contributed by atoms with E-state index in [-0.39, 0.29) is 22.5 Å². The lowest BCUT2D eigenvalue weighted by Crippen LogP contribution is -2.51. The smallest absolute Gasteiger partial charge is 0.313 e. The maximum Gasteiger partial charge on any atom is 0.313 e. The second-order valence-corrected chi connectivity index (χ2v) is 7.62. The molecule has 29 heavy (non-hydrogen) atoms. The highest BCUT2D eigenvalue weighted by Crippen LogP contribution is 2.33. The quantitative estimate of drug-likeness (QED) is 0.750. The topological polar surface area (TPSA) is 71.1 Å². The van der Waals surface area contributed by atoms with Crippen LogP contribution < -0.4 is 14.8 Å². The van der Waals surface area contributed by atoms with Gasteiger partial charge in [-0.15, -0.1) is 0 Å². The molecule has 0 aliphatic carbocycles. The predicted molar refractivity (Wildman–Crippen MR) is 110 cm³/mol. The number of para-hydroxylation sites is 1.